The largest absolute Gasteiger partial charge is 0.507 e. The smallest absolute Gasteiger partial charge is 0.123 e. The van der Waals surface area contributed by atoms with Crippen molar-refractivity contribution in [3.05, 3.63) is 47.5 Å². The zero-order valence-electron chi connectivity index (χ0n) is 19.6. The van der Waals surface area contributed by atoms with E-state index >= 15 is 0 Å². The normalized spacial score (nSPS) is 12.7. The topological polar surface area (TPSA) is 38.7 Å². The molecule has 29 heavy (non-hydrogen) atoms. The molecule has 0 atom stereocenters. The van der Waals surface area contributed by atoms with Crippen molar-refractivity contribution in [1.29, 1.82) is 0 Å². The van der Waals surface area contributed by atoms with E-state index in [9.17, 15) is 5.11 Å². The second kappa shape index (κ2) is 8.43. The van der Waals surface area contributed by atoms with E-state index in [-0.39, 0.29) is 10.8 Å². The van der Waals surface area contributed by atoms with Crippen LogP contribution in [0.5, 0.6) is 17.2 Å². The van der Waals surface area contributed by atoms with Crippen LogP contribution in [0.1, 0.15) is 52.7 Å². The van der Waals surface area contributed by atoms with E-state index in [1.165, 1.54) is 5.19 Å². The number of methoxy groups -OCH3 is 1. The molecule has 0 bridgehead atoms. The van der Waals surface area contributed by atoms with Crippen molar-refractivity contribution in [2.24, 2.45) is 0 Å². The van der Waals surface area contributed by atoms with Crippen molar-refractivity contribution in [2.45, 2.75) is 71.5 Å². The quantitative estimate of drug-likeness (QED) is 0.590. The zero-order chi connectivity index (χ0) is 22.0. The molecule has 0 unspecified atom stereocenters. The van der Waals surface area contributed by atoms with Gasteiger partial charge in [0.2, 0.25) is 0 Å². The number of phenolic OH excluding ortho intramolecular Hbond substituents is 1. The maximum Gasteiger partial charge on any atom is 0.123 e. The summed E-state index contributed by atoms with van der Waals surface area (Å²) in [7, 11) is 0.0849. The van der Waals surface area contributed by atoms with Gasteiger partial charge in [-0.1, -0.05) is 72.0 Å². The molecule has 2 aromatic rings. The molecule has 0 aliphatic carbocycles. The molecule has 4 heteroatoms. The molecule has 0 saturated carbocycles. The first-order chi connectivity index (χ1) is 13.3. The van der Waals surface area contributed by atoms with Crippen LogP contribution in [0.2, 0.25) is 19.1 Å². The highest BCUT2D eigenvalue weighted by Crippen LogP contribution is 2.41. The van der Waals surface area contributed by atoms with Crippen molar-refractivity contribution < 1.29 is 14.6 Å². The number of benzene rings is 2. The van der Waals surface area contributed by atoms with Gasteiger partial charge in [0, 0.05) is 11.1 Å². The molecule has 2 rings (SSSR count). The molecule has 0 saturated heterocycles. The first-order valence-electron chi connectivity index (χ1n) is 10.4. The number of phenols is 1. The van der Waals surface area contributed by atoms with Gasteiger partial charge in [-0.3, -0.25) is 0 Å². The van der Waals surface area contributed by atoms with Gasteiger partial charge in [-0.15, -0.1) is 0 Å². The standard InChI is InChI=1S/C25H38O3Si/c1-24(2,3)21-16-19(17-22(23(21)26)25(4,5)6)28-14-15-29(8,9)20-12-10-18(27-7)11-13-20/h10-13,16-17,26H,14-15H2,1-9H3. The number of hydrogen-bond acceptors (Lipinski definition) is 3. The van der Waals surface area contributed by atoms with E-state index in [1.54, 1.807) is 7.11 Å². The van der Waals surface area contributed by atoms with Crippen LogP contribution < -0.4 is 14.7 Å². The summed E-state index contributed by atoms with van der Waals surface area (Å²) >= 11 is 0. The molecule has 160 valence electrons. The summed E-state index contributed by atoms with van der Waals surface area (Å²) in [5.74, 6) is 2.13. The summed E-state index contributed by atoms with van der Waals surface area (Å²) in [5.41, 5.74) is 1.57. The fraction of sp³-hybridized carbons (Fsp3) is 0.520. The SMILES string of the molecule is COc1ccc([Si](C)(C)CCOc2cc(C(C)(C)C)c(O)c(C(C)(C)C)c2)cc1. The highest BCUT2D eigenvalue weighted by Gasteiger charge is 2.28. The van der Waals surface area contributed by atoms with Crippen LogP contribution in [0.15, 0.2) is 36.4 Å². The van der Waals surface area contributed by atoms with Crippen LogP contribution in [0.3, 0.4) is 0 Å². The van der Waals surface area contributed by atoms with Crippen molar-refractivity contribution in [3.8, 4) is 17.2 Å². The van der Waals surface area contributed by atoms with Gasteiger partial charge in [-0.2, -0.15) is 0 Å². The minimum absolute atomic E-state index is 0.152. The van der Waals surface area contributed by atoms with Gasteiger partial charge >= 0.3 is 0 Å². The lowest BCUT2D eigenvalue weighted by Gasteiger charge is -2.28. The first kappa shape index (κ1) is 23.3. The fourth-order valence-corrected chi connectivity index (χ4v) is 5.42. The van der Waals surface area contributed by atoms with Gasteiger partial charge in [0.25, 0.3) is 0 Å². The molecule has 0 aliphatic heterocycles. The van der Waals surface area contributed by atoms with Crippen LogP contribution in [-0.2, 0) is 10.8 Å². The van der Waals surface area contributed by atoms with Crippen molar-refractivity contribution in [1.82, 2.24) is 0 Å². The molecule has 2 aromatic carbocycles. The van der Waals surface area contributed by atoms with Crippen molar-refractivity contribution in [3.63, 3.8) is 0 Å². The Hall–Kier alpha value is -1.94. The van der Waals surface area contributed by atoms with Crippen LogP contribution in [0.25, 0.3) is 0 Å². The number of ether oxygens (including phenoxy) is 2. The predicted molar refractivity (Wildman–Crippen MR) is 126 cm³/mol. The molecular formula is C25H38O3Si. The molecule has 0 spiro atoms. The number of aromatic hydroxyl groups is 1. The van der Waals surface area contributed by atoms with Crippen LogP contribution in [0, 0.1) is 0 Å². The molecule has 0 amide bonds. The summed E-state index contributed by atoms with van der Waals surface area (Å²) in [6.45, 7) is 18.2. The lowest BCUT2D eigenvalue weighted by atomic mass is 9.79. The van der Waals surface area contributed by atoms with Crippen molar-refractivity contribution in [2.75, 3.05) is 13.7 Å². The Morgan fingerprint density at radius 3 is 1.72 bits per heavy atom. The molecule has 0 radical (unpaired) electrons. The maximum absolute atomic E-state index is 10.9. The van der Waals surface area contributed by atoms with E-state index in [0.29, 0.717) is 12.4 Å². The van der Waals surface area contributed by atoms with E-state index in [1.807, 2.05) is 24.3 Å². The van der Waals surface area contributed by atoms with Crippen LogP contribution in [0.4, 0.5) is 0 Å². The van der Waals surface area contributed by atoms with Gasteiger partial charge < -0.3 is 14.6 Å². The monoisotopic (exact) mass is 414 g/mol. The second-order valence-electron chi connectivity index (χ2n) is 10.6. The Kier molecular flexibility index (Phi) is 6.78. The Labute approximate surface area is 178 Å². The highest BCUT2D eigenvalue weighted by molar-refractivity contribution is 6.89. The summed E-state index contributed by atoms with van der Waals surface area (Å²) < 4.78 is 11.5. The Balaban J connectivity index is 2.21. The van der Waals surface area contributed by atoms with E-state index in [4.69, 9.17) is 9.47 Å². The van der Waals surface area contributed by atoms with Crippen molar-refractivity contribution >= 4 is 13.3 Å². The third-order valence-electron chi connectivity index (χ3n) is 5.57. The summed E-state index contributed by atoms with van der Waals surface area (Å²) in [6, 6.07) is 13.5. The molecule has 0 heterocycles. The molecule has 0 aliphatic rings. The Bertz CT molecular complexity index is 790. The number of rotatable bonds is 6. The Morgan fingerprint density at radius 1 is 0.828 bits per heavy atom. The lowest BCUT2D eigenvalue weighted by Crippen LogP contribution is -2.42. The maximum atomic E-state index is 10.9. The Morgan fingerprint density at radius 2 is 1.31 bits per heavy atom. The first-order valence-corrected chi connectivity index (χ1v) is 13.6. The molecule has 3 nitrogen and oxygen atoms in total. The minimum atomic E-state index is -1.61. The van der Waals surface area contributed by atoms with Gasteiger partial charge in [0.05, 0.1) is 21.8 Å². The zero-order valence-corrected chi connectivity index (χ0v) is 20.6. The van der Waals surface area contributed by atoms with E-state index in [2.05, 4.69) is 66.8 Å². The van der Waals surface area contributed by atoms with Gasteiger partial charge in [-0.05, 0) is 41.1 Å². The molecular weight excluding hydrogens is 376 g/mol. The van der Waals surface area contributed by atoms with Crippen LogP contribution >= 0.6 is 0 Å². The minimum Gasteiger partial charge on any atom is -0.507 e. The lowest BCUT2D eigenvalue weighted by molar-refractivity contribution is 0.333. The average molecular weight is 415 g/mol. The van der Waals surface area contributed by atoms with Gasteiger partial charge in [0.15, 0.2) is 0 Å². The highest BCUT2D eigenvalue weighted by atomic mass is 28.3. The summed E-state index contributed by atoms with van der Waals surface area (Å²) in [5, 5.41) is 12.3. The predicted octanol–water partition coefficient (Wildman–Crippen LogP) is 5.99. The average Bonchev–Trinajstić information content (AvgIpc) is 2.61. The second-order valence-corrected chi connectivity index (χ2v) is 15.4. The fourth-order valence-electron chi connectivity index (χ4n) is 3.45. The van der Waals surface area contributed by atoms with Crippen LogP contribution in [-0.4, -0.2) is 26.9 Å². The van der Waals surface area contributed by atoms with E-state index < -0.39 is 8.07 Å². The molecule has 0 fully saturated rings. The summed E-state index contributed by atoms with van der Waals surface area (Å²) in [6.07, 6.45) is 0. The molecule has 1 N–H and O–H groups in total. The third-order valence-corrected chi connectivity index (χ3v) is 8.92. The molecule has 0 aromatic heterocycles. The summed E-state index contributed by atoms with van der Waals surface area (Å²) in [4.78, 5) is 0. The third kappa shape index (κ3) is 5.78. The number of hydrogen-bond donors (Lipinski definition) is 1. The van der Waals surface area contributed by atoms with Gasteiger partial charge in [0.1, 0.15) is 17.2 Å². The van der Waals surface area contributed by atoms with Gasteiger partial charge in [-0.25, -0.2) is 0 Å². The van der Waals surface area contributed by atoms with E-state index in [0.717, 1.165) is 28.7 Å².